The minimum Gasteiger partial charge on any atom is -0.430 e. The molecule has 0 radical (unpaired) electrons. The van der Waals surface area contributed by atoms with Gasteiger partial charge >= 0.3 is 0 Å². The van der Waals surface area contributed by atoms with Gasteiger partial charge in [-0.25, -0.2) is 0 Å². The molecule has 3 nitrogen and oxygen atoms in total. The zero-order chi connectivity index (χ0) is 9.68. The van der Waals surface area contributed by atoms with Gasteiger partial charge in [-0.2, -0.15) is 0 Å². The first kappa shape index (κ1) is 10.1. The molecule has 1 rings (SSSR count). The van der Waals surface area contributed by atoms with Crippen LogP contribution in [-0.2, 0) is 9.47 Å². The van der Waals surface area contributed by atoms with Crippen LogP contribution in [-0.4, -0.2) is 11.7 Å². The Morgan fingerprint density at radius 3 is 2.85 bits per heavy atom. The quantitative estimate of drug-likeness (QED) is 0.728. The molecular formula is C10H16O3. The molecule has 0 atom stereocenters. The summed E-state index contributed by atoms with van der Waals surface area (Å²) in [5.41, 5.74) is 1.10. The Morgan fingerprint density at radius 1 is 1.54 bits per heavy atom. The zero-order valence-electron chi connectivity index (χ0n) is 8.17. The molecule has 0 saturated carbocycles. The lowest BCUT2D eigenvalue weighted by atomic mass is 10.1. The fourth-order valence-electron chi connectivity index (χ4n) is 1.09. The van der Waals surface area contributed by atoms with Gasteiger partial charge in [-0.05, 0) is 19.8 Å². The average molecular weight is 184 g/mol. The van der Waals surface area contributed by atoms with Gasteiger partial charge in [0, 0.05) is 5.57 Å². The van der Waals surface area contributed by atoms with E-state index in [1.165, 1.54) is 6.26 Å². The van der Waals surface area contributed by atoms with Crippen molar-refractivity contribution in [1.82, 2.24) is 0 Å². The maximum atomic E-state index is 8.75. The Bertz CT molecular complexity index is 228. The molecule has 1 aliphatic rings. The summed E-state index contributed by atoms with van der Waals surface area (Å²) in [5, 5.41) is 8.75. The van der Waals surface area contributed by atoms with Crippen LogP contribution < -0.4 is 0 Å². The summed E-state index contributed by atoms with van der Waals surface area (Å²) in [7, 11) is 0. The molecule has 13 heavy (non-hydrogen) atoms. The van der Waals surface area contributed by atoms with Gasteiger partial charge in [0.1, 0.15) is 12.9 Å². The molecule has 0 amide bonds. The van der Waals surface area contributed by atoms with Crippen LogP contribution in [0.15, 0.2) is 23.5 Å². The van der Waals surface area contributed by atoms with Gasteiger partial charge < -0.3 is 14.6 Å². The van der Waals surface area contributed by atoms with Crippen molar-refractivity contribution in [2.75, 3.05) is 6.61 Å². The second kappa shape index (κ2) is 4.92. The van der Waals surface area contributed by atoms with Gasteiger partial charge in [-0.15, -0.1) is 0 Å². The molecule has 1 N–H and O–H groups in total. The molecule has 0 fully saturated rings. The zero-order valence-corrected chi connectivity index (χ0v) is 8.17. The standard InChI is InChI=1S/C10H16O3/c1-3-4-5-8(2)10-12-7-9(6-11)13-10/h7,11H,3-6H2,1-2H3. The van der Waals surface area contributed by atoms with Crippen LogP contribution in [0, 0.1) is 0 Å². The number of ether oxygens (including phenoxy) is 2. The van der Waals surface area contributed by atoms with E-state index in [1.54, 1.807) is 0 Å². The number of aliphatic hydroxyl groups excluding tert-OH is 1. The van der Waals surface area contributed by atoms with Crippen LogP contribution in [0.2, 0.25) is 0 Å². The highest BCUT2D eigenvalue weighted by molar-refractivity contribution is 5.09. The summed E-state index contributed by atoms with van der Waals surface area (Å²) in [6, 6.07) is 0. The third-order valence-corrected chi connectivity index (χ3v) is 1.93. The highest BCUT2D eigenvalue weighted by Crippen LogP contribution is 2.22. The first-order valence-electron chi connectivity index (χ1n) is 4.62. The predicted molar refractivity (Wildman–Crippen MR) is 49.6 cm³/mol. The first-order chi connectivity index (χ1) is 6.27. The van der Waals surface area contributed by atoms with E-state index in [9.17, 15) is 0 Å². The Balaban J connectivity index is 2.45. The second-order valence-corrected chi connectivity index (χ2v) is 3.13. The van der Waals surface area contributed by atoms with Crippen LogP contribution in [0.5, 0.6) is 0 Å². The van der Waals surface area contributed by atoms with E-state index in [4.69, 9.17) is 14.6 Å². The van der Waals surface area contributed by atoms with Gasteiger partial charge in [0.2, 0.25) is 0 Å². The van der Waals surface area contributed by atoms with E-state index in [0.717, 1.165) is 24.8 Å². The summed E-state index contributed by atoms with van der Waals surface area (Å²) in [4.78, 5) is 0. The highest BCUT2D eigenvalue weighted by atomic mass is 16.7. The van der Waals surface area contributed by atoms with Gasteiger partial charge in [0.05, 0.1) is 0 Å². The van der Waals surface area contributed by atoms with E-state index in [2.05, 4.69) is 6.92 Å². The van der Waals surface area contributed by atoms with Crippen molar-refractivity contribution in [3.8, 4) is 0 Å². The maximum absolute atomic E-state index is 8.75. The van der Waals surface area contributed by atoms with Crippen molar-refractivity contribution in [3.05, 3.63) is 23.5 Å². The number of allylic oxidation sites excluding steroid dienone is 1. The molecule has 0 aromatic rings. The number of aliphatic hydroxyl groups is 1. The summed E-state index contributed by atoms with van der Waals surface area (Å²) in [6.07, 6.45) is 4.73. The Morgan fingerprint density at radius 2 is 2.31 bits per heavy atom. The van der Waals surface area contributed by atoms with Gasteiger partial charge in [0.15, 0.2) is 5.76 Å². The number of unbranched alkanes of at least 4 members (excludes halogenated alkanes) is 1. The lowest BCUT2D eigenvalue weighted by molar-refractivity contribution is 0.157. The molecule has 0 aromatic carbocycles. The van der Waals surface area contributed by atoms with Crippen LogP contribution >= 0.6 is 0 Å². The van der Waals surface area contributed by atoms with Crippen molar-refractivity contribution < 1.29 is 14.6 Å². The SMILES string of the molecule is CCCCC(C)=C1OC=C(CO)O1. The lowest BCUT2D eigenvalue weighted by Gasteiger charge is -2.04. The Hall–Kier alpha value is -0.960. The summed E-state index contributed by atoms with van der Waals surface area (Å²) in [6.45, 7) is 4.02. The monoisotopic (exact) mass is 184 g/mol. The van der Waals surface area contributed by atoms with E-state index >= 15 is 0 Å². The molecule has 1 heterocycles. The van der Waals surface area contributed by atoms with Crippen LogP contribution in [0.1, 0.15) is 33.1 Å². The van der Waals surface area contributed by atoms with Crippen molar-refractivity contribution in [3.63, 3.8) is 0 Å². The van der Waals surface area contributed by atoms with Crippen LogP contribution in [0.25, 0.3) is 0 Å². The van der Waals surface area contributed by atoms with Crippen LogP contribution in [0.3, 0.4) is 0 Å². The fraction of sp³-hybridized carbons (Fsp3) is 0.600. The molecule has 0 saturated heterocycles. The molecule has 0 spiro atoms. The van der Waals surface area contributed by atoms with Gasteiger partial charge in [-0.1, -0.05) is 13.3 Å². The van der Waals surface area contributed by atoms with Crippen molar-refractivity contribution >= 4 is 0 Å². The lowest BCUT2D eigenvalue weighted by Crippen LogP contribution is -1.93. The molecule has 1 aliphatic heterocycles. The van der Waals surface area contributed by atoms with E-state index in [-0.39, 0.29) is 6.61 Å². The molecule has 0 aliphatic carbocycles. The number of hydrogen-bond acceptors (Lipinski definition) is 3. The highest BCUT2D eigenvalue weighted by Gasteiger charge is 2.14. The molecule has 0 bridgehead atoms. The first-order valence-corrected chi connectivity index (χ1v) is 4.62. The second-order valence-electron chi connectivity index (χ2n) is 3.13. The molecule has 3 heteroatoms. The van der Waals surface area contributed by atoms with E-state index in [0.29, 0.717) is 11.7 Å². The van der Waals surface area contributed by atoms with Crippen molar-refractivity contribution in [2.45, 2.75) is 33.1 Å². The summed E-state index contributed by atoms with van der Waals surface area (Å²) in [5.74, 6) is 1.02. The number of hydrogen-bond donors (Lipinski definition) is 1. The topological polar surface area (TPSA) is 38.7 Å². The largest absolute Gasteiger partial charge is 0.430 e. The third kappa shape index (κ3) is 2.77. The number of rotatable bonds is 4. The van der Waals surface area contributed by atoms with E-state index in [1.807, 2.05) is 6.92 Å². The molecular weight excluding hydrogens is 168 g/mol. The van der Waals surface area contributed by atoms with Crippen molar-refractivity contribution in [1.29, 1.82) is 0 Å². The smallest absolute Gasteiger partial charge is 0.288 e. The van der Waals surface area contributed by atoms with E-state index < -0.39 is 0 Å². The van der Waals surface area contributed by atoms with Gasteiger partial charge in [-0.3, -0.25) is 0 Å². The predicted octanol–water partition coefficient (Wildman–Crippen LogP) is 2.29. The Kier molecular flexibility index (Phi) is 3.83. The van der Waals surface area contributed by atoms with Crippen molar-refractivity contribution in [2.24, 2.45) is 0 Å². The third-order valence-electron chi connectivity index (χ3n) is 1.93. The molecule has 0 unspecified atom stereocenters. The van der Waals surface area contributed by atoms with Crippen LogP contribution in [0.4, 0.5) is 0 Å². The molecule has 74 valence electrons. The molecule has 0 aromatic heterocycles. The fourth-order valence-corrected chi connectivity index (χ4v) is 1.09. The maximum Gasteiger partial charge on any atom is 0.288 e. The minimum absolute atomic E-state index is 0.107. The van der Waals surface area contributed by atoms with Gasteiger partial charge in [0.25, 0.3) is 5.95 Å². The normalized spacial score (nSPS) is 19.2. The Labute approximate surface area is 78.7 Å². The summed E-state index contributed by atoms with van der Waals surface area (Å²) < 4.78 is 10.4. The minimum atomic E-state index is -0.107. The average Bonchev–Trinajstić information content (AvgIpc) is 2.62. The summed E-state index contributed by atoms with van der Waals surface area (Å²) >= 11 is 0.